The van der Waals surface area contributed by atoms with Crippen LogP contribution in [0.4, 0.5) is 5.69 Å². The molecule has 0 atom stereocenters. The van der Waals surface area contributed by atoms with Crippen molar-refractivity contribution in [2.75, 3.05) is 23.3 Å². The van der Waals surface area contributed by atoms with E-state index in [-0.39, 0.29) is 17.0 Å². The molecular weight excluding hydrogens is 634 g/mol. The maximum atomic E-state index is 13.7. The lowest BCUT2D eigenvalue weighted by Gasteiger charge is -2.26. The SMILES string of the molecule is COc1cc(-n2cnc3cc(-c4ccc(Cl)cc4)sc3c2=O)ccc1N(CCCBr)S(=O)(=O)c1ccc(C)cc1. The number of methoxy groups -OCH3 is 1. The van der Waals surface area contributed by atoms with Gasteiger partial charge in [-0.3, -0.25) is 13.7 Å². The number of benzene rings is 3. The van der Waals surface area contributed by atoms with E-state index in [0.717, 1.165) is 16.0 Å². The quantitative estimate of drug-likeness (QED) is 0.158. The molecule has 0 N–H and O–H groups in total. The van der Waals surface area contributed by atoms with Gasteiger partial charge in [-0.15, -0.1) is 11.3 Å². The van der Waals surface area contributed by atoms with E-state index in [1.54, 1.807) is 54.6 Å². The lowest BCUT2D eigenvalue weighted by molar-refractivity contribution is 0.415. The number of aryl methyl sites for hydroxylation is 1. The molecule has 0 aliphatic carbocycles. The van der Waals surface area contributed by atoms with Crippen LogP contribution in [0, 0.1) is 6.92 Å². The molecule has 5 rings (SSSR count). The van der Waals surface area contributed by atoms with Crippen molar-refractivity contribution in [2.24, 2.45) is 0 Å². The van der Waals surface area contributed by atoms with Crippen LogP contribution in [0.3, 0.4) is 0 Å². The largest absolute Gasteiger partial charge is 0.494 e. The molecule has 2 heterocycles. The van der Waals surface area contributed by atoms with Crippen molar-refractivity contribution >= 4 is 64.8 Å². The van der Waals surface area contributed by atoms with Crippen molar-refractivity contribution < 1.29 is 13.2 Å². The van der Waals surface area contributed by atoms with E-state index in [1.807, 2.05) is 25.1 Å². The summed E-state index contributed by atoms with van der Waals surface area (Å²) in [5.41, 5.74) is 3.18. The van der Waals surface area contributed by atoms with Crippen LogP contribution in [0.2, 0.25) is 5.02 Å². The highest BCUT2D eigenvalue weighted by molar-refractivity contribution is 9.09. The van der Waals surface area contributed by atoms with Crippen LogP contribution in [-0.4, -0.2) is 37.0 Å². The molecule has 5 aromatic rings. The number of fused-ring (bicyclic) bond motifs is 1. The molecule has 0 aliphatic rings. The van der Waals surface area contributed by atoms with Gasteiger partial charge in [0.25, 0.3) is 15.6 Å². The van der Waals surface area contributed by atoms with Gasteiger partial charge in [-0.05, 0) is 61.4 Å². The number of anilines is 1. The van der Waals surface area contributed by atoms with Gasteiger partial charge in [-0.25, -0.2) is 13.4 Å². The Kier molecular flexibility index (Phi) is 8.32. The highest BCUT2D eigenvalue weighted by Crippen LogP contribution is 2.35. The van der Waals surface area contributed by atoms with E-state index in [4.69, 9.17) is 16.3 Å². The topological polar surface area (TPSA) is 81.5 Å². The second kappa shape index (κ2) is 11.7. The first-order valence-electron chi connectivity index (χ1n) is 12.3. The lowest BCUT2D eigenvalue weighted by atomic mass is 10.2. The fourth-order valence-electron chi connectivity index (χ4n) is 4.29. The van der Waals surface area contributed by atoms with Crippen LogP contribution in [-0.2, 0) is 10.0 Å². The third-order valence-electron chi connectivity index (χ3n) is 6.38. The molecule has 40 heavy (non-hydrogen) atoms. The van der Waals surface area contributed by atoms with Crippen LogP contribution in [0.15, 0.2) is 88.8 Å². The zero-order valence-corrected chi connectivity index (χ0v) is 25.6. The second-order valence-corrected chi connectivity index (χ2v) is 13.2. The van der Waals surface area contributed by atoms with Gasteiger partial charge >= 0.3 is 0 Å². The molecule has 0 saturated heterocycles. The van der Waals surface area contributed by atoms with Gasteiger partial charge in [0.05, 0.1) is 28.9 Å². The number of alkyl halides is 1. The molecule has 7 nitrogen and oxygen atoms in total. The van der Waals surface area contributed by atoms with Gasteiger partial charge in [0.1, 0.15) is 16.8 Å². The zero-order chi connectivity index (χ0) is 28.4. The Bertz CT molecular complexity index is 1840. The molecule has 0 amide bonds. The second-order valence-electron chi connectivity index (χ2n) is 9.04. The van der Waals surface area contributed by atoms with E-state index in [1.165, 1.54) is 33.6 Å². The lowest BCUT2D eigenvalue weighted by Crippen LogP contribution is -2.32. The van der Waals surface area contributed by atoms with E-state index in [9.17, 15) is 13.2 Å². The van der Waals surface area contributed by atoms with E-state index >= 15 is 0 Å². The van der Waals surface area contributed by atoms with Gasteiger partial charge in [-0.2, -0.15) is 0 Å². The molecule has 206 valence electrons. The number of rotatable bonds is 9. The standard InChI is InChI=1S/C29H25BrClN3O4S2/c1-19-4-11-23(12-5-19)40(36,37)34(15-3-14-30)25-13-10-22(16-26(25)38-2)33-18-32-24-17-27(39-28(24)29(33)35)20-6-8-21(31)9-7-20/h4-13,16-18H,3,14-15H2,1-2H3. The Labute approximate surface area is 249 Å². The minimum absolute atomic E-state index is 0.193. The predicted molar refractivity (Wildman–Crippen MR) is 166 cm³/mol. The molecule has 0 unspecified atom stereocenters. The highest BCUT2D eigenvalue weighted by Gasteiger charge is 2.27. The average molecular weight is 659 g/mol. The third kappa shape index (κ3) is 5.54. The number of hydrogen-bond donors (Lipinski definition) is 0. The number of sulfonamides is 1. The van der Waals surface area contributed by atoms with Gasteiger partial charge in [0.2, 0.25) is 0 Å². The molecule has 0 bridgehead atoms. The van der Waals surface area contributed by atoms with E-state index in [0.29, 0.717) is 44.1 Å². The molecule has 2 aromatic heterocycles. The number of halogens is 2. The van der Waals surface area contributed by atoms with Crippen molar-refractivity contribution in [3.8, 4) is 21.9 Å². The average Bonchev–Trinajstić information content (AvgIpc) is 3.39. The fourth-order valence-corrected chi connectivity index (χ4v) is 7.22. The van der Waals surface area contributed by atoms with Crippen LogP contribution in [0.1, 0.15) is 12.0 Å². The number of ether oxygens (including phenoxy) is 1. The predicted octanol–water partition coefficient (Wildman–Crippen LogP) is 7.06. The van der Waals surface area contributed by atoms with Crippen LogP contribution >= 0.6 is 38.9 Å². The van der Waals surface area contributed by atoms with Gasteiger partial charge in [0, 0.05) is 27.8 Å². The molecular formula is C29H25BrClN3O4S2. The van der Waals surface area contributed by atoms with Crippen LogP contribution in [0.25, 0.3) is 26.3 Å². The zero-order valence-electron chi connectivity index (χ0n) is 21.7. The minimum atomic E-state index is -3.87. The van der Waals surface area contributed by atoms with E-state index < -0.39 is 10.0 Å². The maximum absolute atomic E-state index is 13.7. The normalized spacial score (nSPS) is 11.6. The molecule has 0 spiro atoms. The molecule has 11 heteroatoms. The van der Waals surface area contributed by atoms with Gasteiger partial charge in [-0.1, -0.05) is 57.4 Å². The van der Waals surface area contributed by atoms with E-state index in [2.05, 4.69) is 20.9 Å². The Morgan fingerprint density at radius 1 is 1.05 bits per heavy atom. The summed E-state index contributed by atoms with van der Waals surface area (Å²) in [5.74, 6) is 0.322. The summed E-state index contributed by atoms with van der Waals surface area (Å²) in [6, 6.07) is 21.1. The van der Waals surface area contributed by atoms with Crippen LogP contribution in [0.5, 0.6) is 5.75 Å². The third-order valence-corrected chi connectivity index (χ3v) is 10.2. The minimum Gasteiger partial charge on any atom is -0.494 e. The Hall–Kier alpha value is -3.18. The van der Waals surface area contributed by atoms with Crippen molar-refractivity contribution in [1.82, 2.24) is 9.55 Å². The Balaban J connectivity index is 1.56. The smallest absolute Gasteiger partial charge is 0.275 e. The summed E-state index contributed by atoms with van der Waals surface area (Å²) in [7, 11) is -2.39. The highest BCUT2D eigenvalue weighted by atomic mass is 79.9. The first-order chi connectivity index (χ1) is 19.2. The molecule has 0 fully saturated rings. The van der Waals surface area contributed by atoms with Crippen molar-refractivity contribution in [3.05, 3.63) is 100 Å². The monoisotopic (exact) mass is 657 g/mol. The number of aromatic nitrogens is 2. The molecule has 3 aromatic carbocycles. The van der Waals surface area contributed by atoms with Crippen molar-refractivity contribution in [1.29, 1.82) is 0 Å². The first kappa shape index (κ1) is 28.4. The number of nitrogens with zero attached hydrogens (tertiary/aromatic N) is 3. The van der Waals surface area contributed by atoms with Gasteiger partial charge in [0.15, 0.2) is 0 Å². The maximum Gasteiger partial charge on any atom is 0.275 e. The summed E-state index contributed by atoms with van der Waals surface area (Å²) in [6.07, 6.45) is 2.06. The Morgan fingerprint density at radius 2 is 1.77 bits per heavy atom. The van der Waals surface area contributed by atoms with Crippen LogP contribution < -0.4 is 14.6 Å². The number of hydrogen-bond acceptors (Lipinski definition) is 6. The molecule has 0 aliphatic heterocycles. The molecule has 0 saturated carbocycles. The molecule has 0 radical (unpaired) electrons. The summed E-state index contributed by atoms with van der Waals surface area (Å²) in [6.45, 7) is 2.15. The Morgan fingerprint density at radius 3 is 2.45 bits per heavy atom. The summed E-state index contributed by atoms with van der Waals surface area (Å²) < 4.78 is 36.3. The number of thiophene rings is 1. The summed E-state index contributed by atoms with van der Waals surface area (Å²) in [4.78, 5) is 19.1. The summed E-state index contributed by atoms with van der Waals surface area (Å²) in [5, 5.41) is 1.27. The van der Waals surface area contributed by atoms with Crippen molar-refractivity contribution in [3.63, 3.8) is 0 Å². The van der Waals surface area contributed by atoms with Crippen molar-refractivity contribution in [2.45, 2.75) is 18.2 Å². The first-order valence-corrected chi connectivity index (χ1v) is 16.1. The summed E-state index contributed by atoms with van der Waals surface area (Å²) >= 11 is 10.8. The van der Waals surface area contributed by atoms with Gasteiger partial charge < -0.3 is 4.74 Å². The fraction of sp³-hybridized carbons (Fsp3) is 0.172.